The van der Waals surface area contributed by atoms with Crippen LogP contribution in [0.2, 0.25) is 0 Å². The molecule has 1 heterocycles. The van der Waals surface area contributed by atoms with Gasteiger partial charge < -0.3 is 5.11 Å². The van der Waals surface area contributed by atoms with E-state index < -0.39 is 5.97 Å². The van der Waals surface area contributed by atoms with Crippen LogP contribution in [0, 0.1) is 11.3 Å². The van der Waals surface area contributed by atoms with Crippen LogP contribution in [0.3, 0.4) is 0 Å². The van der Waals surface area contributed by atoms with Crippen LogP contribution in [0.15, 0.2) is 29.6 Å². The van der Waals surface area contributed by atoms with Crippen LogP contribution in [-0.4, -0.2) is 16.1 Å². The van der Waals surface area contributed by atoms with Crippen LogP contribution < -0.4 is 0 Å². The molecule has 0 spiro atoms. The molecule has 0 aliphatic heterocycles. The Morgan fingerprint density at radius 1 is 1.41 bits per heavy atom. The van der Waals surface area contributed by atoms with Gasteiger partial charge in [0.2, 0.25) is 0 Å². The molecule has 0 unspecified atom stereocenters. The lowest BCUT2D eigenvalue weighted by atomic mass is 10.1. The van der Waals surface area contributed by atoms with E-state index in [2.05, 4.69) is 4.98 Å². The summed E-state index contributed by atoms with van der Waals surface area (Å²) in [5, 5.41) is 19.7. The van der Waals surface area contributed by atoms with E-state index in [-0.39, 0.29) is 6.42 Å². The van der Waals surface area contributed by atoms with Crippen molar-refractivity contribution >= 4 is 17.3 Å². The molecule has 1 aromatic carbocycles. The maximum absolute atomic E-state index is 10.5. The summed E-state index contributed by atoms with van der Waals surface area (Å²) in [6, 6.07) is 9.08. The summed E-state index contributed by atoms with van der Waals surface area (Å²) >= 11 is 1.33. The smallest absolute Gasteiger partial charge is 0.310 e. The summed E-state index contributed by atoms with van der Waals surface area (Å²) in [7, 11) is 0. The molecule has 17 heavy (non-hydrogen) atoms. The highest BCUT2D eigenvalue weighted by Gasteiger charge is 2.07. The molecule has 2 rings (SSSR count). The Bertz CT molecular complexity index is 581. The van der Waals surface area contributed by atoms with E-state index in [1.165, 1.54) is 11.3 Å². The van der Waals surface area contributed by atoms with Crippen molar-refractivity contribution in [2.45, 2.75) is 6.42 Å². The van der Waals surface area contributed by atoms with E-state index in [1.54, 1.807) is 24.3 Å². The third-order valence-electron chi connectivity index (χ3n) is 2.16. The standard InChI is InChI=1S/C12H8N2O2S/c13-6-8-1-3-9(4-2-8)10-7-17-11(14-10)5-12(15)16/h1-4,7H,5H2,(H,15,16). The molecule has 1 N–H and O–H groups in total. The summed E-state index contributed by atoms with van der Waals surface area (Å²) < 4.78 is 0. The third-order valence-corrected chi connectivity index (χ3v) is 3.01. The van der Waals surface area contributed by atoms with Crippen molar-refractivity contribution in [2.24, 2.45) is 0 Å². The van der Waals surface area contributed by atoms with Crippen LogP contribution in [0.1, 0.15) is 10.6 Å². The largest absolute Gasteiger partial charge is 0.481 e. The maximum Gasteiger partial charge on any atom is 0.310 e. The van der Waals surface area contributed by atoms with Gasteiger partial charge in [-0.1, -0.05) is 12.1 Å². The van der Waals surface area contributed by atoms with Crippen LogP contribution in [-0.2, 0) is 11.2 Å². The van der Waals surface area contributed by atoms with Gasteiger partial charge >= 0.3 is 5.97 Å². The van der Waals surface area contributed by atoms with Crippen molar-refractivity contribution in [3.8, 4) is 17.3 Å². The van der Waals surface area contributed by atoms with Gasteiger partial charge in [-0.25, -0.2) is 4.98 Å². The minimum absolute atomic E-state index is 0.0546. The molecule has 84 valence electrons. The molecule has 0 amide bonds. The lowest BCUT2D eigenvalue weighted by Crippen LogP contribution is -1.99. The summed E-state index contributed by atoms with van der Waals surface area (Å²) in [5.41, 5.74) is 2.22. The van der Waals surface area contributed by atoms with Crippen molar-refractivity contribution in [2.75, 3.05) is 0 Å². The third kappa shape index (κ3) is 2.68. The predicted molar refractivity (Wildman–Crippen MR) is 63.6 cm³/mol. The highest BCUT2D eigenvalue weighted by atomic mass is 32.1. The maximum atomic E-state index is 10.5. The number of aromatic nitrogens is 1. The summed E-state index contributed by atoms with van der Waals surface area (Å²) in [6.45, 7) is 0. The van der Waals surface area contributed by atoms with Gasteiger partial charge in [0, 0.05) is 10.9 Å². The molecule has 0 aliphatic rings. The van der Waals surface area contributed by atoms with Crippen LogP contribution in [0.4, 0.5) is 0 Å². The van der Waals surface area contributed by atoms with E-state index in [1.807, 2.05) is 11.4 Å². The minimum Gasteiger partial charge on any atom is -0.481 e. The Labute approximate surface area is 102 Å². The van der Waals surface area contributed by atoms with Gasteiger partial charge in [-0.15, -0.1) is 11.3 Å². The Kier molecular flexibility index (Phi) is 3.17. The second-order valence-electron chi connectivity index (χ2n) is 3.39. The van der Waals surface area contributed by atoms with Crippen molar-refractivity contribution in [3.63, 3.8) is 0 Å². The Morgan fingerprint density at radius 2 is 2.12 bits per heavy atom. The van der Waals surface area contributed by atoms with Gasteiger partial charge in [0.1, 0.15) is 5.01 Å². The van der Waals surface area contributed by atoms with E-state index >= 15 is 0 Å². The van der Waals surface area contributed by atoms with Gasteiger partial charge in [0.05, 0.1) is 23.7 Å². The molecule has 0 fully saturated rings. The number of aliphatic carboxylic acids is 1. The first-order chi connectivity index (χ1) is 8.19. The first kappa shape index (κ1) is 11.3. The molecule has 0 saturated heterocycles. The van der Waals surface area contributed by atoms with Crippen LogP contribution in [0.5, 0.6) is 0 Å². The van der Waals surface area contributed by atoms with Crippen LogP contribution >= 0.6 is 11.3 Å². The highest BCUT2D eigenvalue weighted by Crippen LogP contribution is 2.22. The van der Waals surface area contributed by atoms with Gasteiger partial charge in [-0.2, -0.15) is 5.26 Å². The topological polar surface area (TPSA) is 74.0 Å². The van der Waals surface area contributed by atoms with Crippen molar-refractivity contribution < 1.29 is 9.90 Å². The van der Waals surface area contributed by atoms with Crippen LogP contribution in [0.25, 0.3) is 11.3 Å². The number of nitriles is 1. The molecule has 5 heteroatoms. The Morgan fingerprint density at radius 3 is 2.71 bits per heavy atom. The molecule has 0 aliphatic carbocycles. The fourth-order valence-corrected chi connectivity index (χ4v) is 2.16. The molecule has 0 saturated carbocycles. The number of hydrogen-bond acceptors (Lipinski definition) is 4. The zero-order valence-corrected chi connectivity index (χ0v) is 9.57. The number of carbonyl (C=O) groups is 1. The second kappa shape index (κ2) is 4.76. The number of rotatable bonds is 3. The summed E-state index contributed by atoms with van der Waals surface area (Å²) in [5.74, 6) is -0.884. The molecule has 2 aromatic rings. The fourth-order valence-electron chi connectivity index (χ4n) is 1.37. The molecule has 0 bridgehead atoms. The van der Waals surface area contributed by atoms with Gasteiger partial charge in [-0.3, -0.25) is 4.79 Å². The normalized spacial score (nSPS) is 9.82. The first-order valence-corrected chi connectivity index (χ1v) is 5.74. The predicted octanol–water partition coefficient (Wildman–Crippen LogP) is 2.31. The zero-order valence-electron chi connectivity index (χ0n) is 8.75. The Balaban J connectivity index is 2.24. The molecular weight excluding hydrogens is 236 g/mol. The number of carboxylic acids is 1. The average molecular weight is 244 g/mol. The SMILES string of the molecule is N#Cc1ccc(-c2csc(CC(=O)O)n2)cc1. The molecule has 0 atom stereocenters. The number of benzene rings is 1. The lowest BCUT2D eigenvalue weighted by Gasteiger charge is -1.95. The summed E-state index contributed by atoms with van der Waals surface area (Å²) in [4.78, 5) is 14.8. The zero-order chi connectivity index (χ0) is 12.3. The molecule has 0 radical (unpaired) electrons. The van der Waals surface area contributed by atoms with E-state index in [4.69, 9.17) is 10.4 Å². The summed E-state index contributed by atoms with van der Waals surface area (Å²) in [6.07, 6.45) is -0.0546. The van der Waals surface area contributed by atoms with E-state index in [9.17, 15) is 4.79 Å². The van der Waals surface area contributed by atoms with E-state index in [0.717, 1.165) is 11.3 Å². The van der Waals surface area contributed by atoms with E-state index in [0.29, 0.717) is 10.6 Å². The van der Waals surface area contributed by atoms with Gasteiger partial charge in [0.25, 0.3) is 0 Å². The van der Waals surface area contributed by atoms with Crippen molar-refractivity contribution in [1.82, 2.24) is 4.98 Å². The monoisotopic (exact) mass is 244 g/mol. The fraction of sp³-hybridized carbons (Fsp3) is 0.0833. The quantitative estimate of drug-likeness (QED) is 0.899. The number of carboxylic acid groups (broad SMARTS) is 1. The number of hydrogen-bond donors (Lipinski definition) is 1. The molecular formula is C12H8N2O2S. The number of thiazole rings is 1. The highest BCUT2D eigenvalue weighted by molar-refractivity contribution is 7.10. The van der Waals surface area contributed by atoms with Crippen molar-refractivity contribution in [3.05, 3.63) is 40.2 Å². The first-order valence-electron chi connectivity index (χ1n) is 4.86. The Hall–Kier alpha value is -2.19. The second-order valence-corrected chi connectivity index (χ2v) is 4.33. The molecule has 4 nitrogen and oxygen atoms in total. The van der Waals surface area contributed by atoms with Gasteiger partial charge in [0.15, 0.2) is 0 Å². The molecule has 1 aromatic heterocycles. The average Bonchev–Trinajstić information content (AvgIpc) is 2.77. The minimum atomic E-state index is -0.884. The number of nitrogens with zero attached hydrogens (tertiary/aromatic N) is 2. The van der Waals surface area contributed by atoms with Gasteiger partial charge in [-0.05, 0) is 12.1 Å². The van der Waals surface area contributed by atoms with Crippen molar-refractivity contribution in [1.29, 1.82) is 5.26 Å². The lowest BCUT2D eigenvalue weighted by molar-refractivity contribution is -0.136.